The maximum Gasteiger partial charge on any atom is 0.173 e. The highest BCUT2D eigenvalue weighted by atomic mass is 16.5. The number of Topliss-reactive ketones (excluding diaryl/α,β-unsaturated/α-hetero) is 1. The van der Waals surface area contributed by atoms with Crippen molar-refractivity contribution in [1.29, 1.82) is 0 Å². The van der Waals surface area contributed by atoms with Crippen molar-refractivity contribution in [2.24, 2.45) is 0 Å². The highest BCUT2D eigenvalue weighted by Gasteiger charge is 2.42. The third kappa shape index (κ3) is 2.52. The Morgan fingerprint density at radius 3 is 2.78 bits per heavy atom. The second kappa shape index (κ2) is 5.46. The molecule has 0 aromatic heterocycles. The zero-order valence-electron chi connectivity index (χ0n) is 10.6. The molecule has 3 nitrogen and oxygen atoms in total. The van der Waals surface area contributed by atoms with Crippen molar-refractivity contribution in [2.45, 2.75) is 25.6 Å². The fourth-order valence-corrected chi connectivity index (χ4v) is 2.05. The van der Waals surface area contributed by atoms with Crippen LogP contribution in [0.4, 0.5) is 0 Å². The zero-order chi connectivity index (χ0) is 13.0. The van der Waals surface area contributed by atoms with Crippen molar-refractivity contribution in [3.63, 3.8) is 0 Å². The summed E-state index contributed by atoms with van der Waals surface area (Å²) in [7, 11) is 0. The molecule has 1 fully saturated rings. The molecule has 0 saturated carbocycles. The van der Waals surface area contributed by atoms with Crippen molar-refractivity contribution < 1.29 is 14.3 Å². The van der Waals surface area contributed by atoms with Gasteiger partial charge in [0.15, 0.2) is 11.4 Å². The minimum absolute atomic E-state index is 0.0668. The van der Waals surface area contributed by atoms with E-state index in [0.29, 0.717) is 25.2 Å². The van der Waals surface area contributed by atoms with Gasteiger partial charge < -0.3 is 9.47 Å². The molecule has 0 amide bonds. The van der Waals surface area contributed by atoms with Crippen molar-refractivity contribution in [3.05, 3.63) is 48.0 Å². The van der Waals surface area contributed by atoms with Crippen molar-refractivity contribution in [1.82, 2.24) is 0 Å². The van der Waals surface area contributed by atoms with Gasteiger partial charge in [0.2, 0.25) is 0 Å². The molecular weight excluding hydrogens is 228 g/mol. The molecule has 0 N–H and O–H groups in total. The van der Waals surface area contributed by atoms with Crippen LogP contribution in [0.2, 0.25) is 0 Å². The van der Waals surface area contributed by atoms with Crippen LogP contribution in [0.5, 0.6) is 0 Å². The zero-order valence-corrected chi connectivity index (χ0v) is 10.6. The molecule has 96 valence electrons. The molecule has 0 aliphatic carbocycles. The fourth-order valence-electron chi connectivity index (χ4n) is 2.05. The Hall–Kier alpha value is -1.45. The quantitative estimate of drug-likeness (QED) is 0.766. The number of carbonyl (C=O) groups is 1. The molecule has 18 heavy (non-hydrogen) atoms. The molecule has 2 rings (SSSR count). The van der Waals surface area contributed by atoms with E-state index >= 15 is 0 Å². The lowest BCUT2D eigenvalue weighted by atomic mass is 9.88. The van der Waals surface area contributed by atoms with Crippen LogP contribution < -0.4 is 0 Å². The summed E-state index contributed by atoms with van der Waals surface area (Å²) in [6.45, 7) is 6.84. The van der Waals surface area contributed by atoms with Crippen LogP contribution in [-0.2, 0) is 20.9 Å². The summed E-state index contributed by atoms with van der Waals surface area (Å²) in [6, 6.07) is 9.80. The van der Waals surface area contributed by atoms with Gasteiger partial charge in [-0.05, 0) is 18.1 Å². The number of ketones is 1. The average Bonchev–Trinajstić information content (AvgIpc) is 2.39. The van der Waals surface area contributed by atoms with E-state index in [1.54, 1.807) is 0 Å². The van der Waals surface area contributed by atoms with Crippen molar-refractivity contribution in [2.75, 3.05) is 13.2 Å². The minimum atomic E-state index is -0.964. The molecular formula is C15H18O3. The number of carbonyl (C=O) groups excluding carboxylic acids is 1. The van der Waals surface area contributed by atoms with Gasteiger partial charge in [-0.25, -0.2) is 0 Å². The molecule has 3 heteroatoms. The van der Waals surface area contributed by atoms with E-state index in [-0.39, 0.29) is 12.4 Å². The van der Waals surface area contributed by atoms with Gasteiger partial charge in [0.25, 0.3) is 0 Å². The summed E-state index contributed by atoms with van der Waals surface area (Å²) in [5, 5.41) is 0. The maximum absolute atomic E-state index is 12.1. The second-order valence-electron chi connectivity index (χ2n) is 4.61. The van der Waals surface area contributed by atoms with E-state index in [9.17, 15) is 4.79 Å². The van der Waals surface area contributed by atoms with Crippen molar-refractivity contribution >= 4 is 5.78 Å². The standard InChI is InChI=1S/C15H18O3/c1-12(2)15(11-17-9-8-14(15)16)18-10-13-6-4-3-5-7-13/h3-7H,1,8-11H2,2H3. The Morgan fingerprint density at radius 1 is 1.44 bits per heavy atom. The smallest absolute Gasteiger partial charge is 0.173 e. The van der Waals surface area contributed by atoms with Gasteiger partial charge in [0.05, 0.1) is 19.8 Å². The first kappa shape index (κ1) is 13.0. The number of rotatable bonds is 4. The van der Waals surface area contributed by atoms with Gasteiger partial charge in [-0.3, -0.25) is 4.79 Å². The Morgan fingerprint density at radius 2 is 2.17 bits per heavy atom. The van der Waals surface area contributed by atoms with E-state index in [4.69, 9.17) is 9.47 Å². The Balaban J connectivity index is 2.12. The predicted octanol–water partition coefficient (Wildman–Crippen LogP) is 2.51. The van der Waals surface area contributed by atoms with E-state index in [1.807, 2.05) is 37.3 Å². The summed E-state index contributed by atoms with van der Waals surface area (Å²) in [4.78, 5) is 12.1. The first-order valence-electron chi connectivity index (χ1n) is 6.10. The van der Waals surface area contributed by atoms with Crippen LogP contribution in [0.15, 0.2) is 42.5 Å². The molecule has 1 heterocycles. The SMILES string of the molecule is C=C(C)C1(OCc2ccccc2)COCCC1=O. The van der Waals surface area contributed by atoms with Crippen LogP contribution in [0.25, 0.3) is 0 Å². The summed E-state index contributed by atoms with van der Waals surface area (Å²) >= 11 is 0. The number of hydrogen-bond acceptors (Lipinski definition) is 3. The molecule has 0 radical (unpaired) electrons. The third-order valence-electron chi connectivity index (χ3n) is 3.25. The molecule has 1 aromatic rings. The number of benzene rings is 1. The maximum atomic E-state index is 12.1. The molecule has 1 aliphatic heterocycles. The van der Waals surface area contributed by atoms with Crippen LogP contribution in [0.1, 0.15) is 18.9 Å². The topological polar surface area (TPSA) is 35.5 Å². The first-order valence-corrected chi connectivity index (χ1v) is 6.10. The predicted molar refractivity (Wildman–Crippen MR) is 69.2 cm³/mol. The molecule has 0 spiro atoms. The molecule has 1 aromatic carbocycles. The molecule has 1 saturated heterocycles. The van der Waals surface area contributed by atoms with Crippen molar-refractivity contribution in [3.8, 4) is 0 Å². The first-order chi connectivity index (χ1) is 8.65. The van der Waals surface area contributed by atoms with Gasteiger partial charge in [-0.2, -0.15) is 0 Å². The van der Waals surface area contributed by atoms with Crippen LogP contribution in [0, 0.1) is 0 Å². The van der Waals surface area contributed by atoms with Gasteiger partial charge in [0, 0.05) is 6.42 Å². The molecule has 1 unspecified atom stereocenters. The van der Waals surface area contributed by atoms with Crippen LogP contribution in [-0.4, -0.2) is 24.6 Å². The lowest BCUT2D eigenvalue weighted by molar-refractivity contribution is -0.159. The monoisotopic (exact) mass is 246 g/mol. The average molecular weight is 246 g/mol. The summed E-state index contributed by atoms with van der Waals surface area (Å²) in [5.41, 5.74) is 0.785. The van der Waals surface area contributed by atoms with Gasteiger partial charge in [0.1, 0.15) is 0 Å². The van der Waals surface area contributed by atoms with Crippen LogP contribution in [0.3, 0.4) is 0 Å². The summed E-state index contributed by atoms with van der Waals surface area (Å²) in [6.07, 6.45) is 0.391. The lowest BCUT2D eigenvalue weighted by Gasteiger charge is -2.36. The number of ether oxygens (including phenoxy) is 2. The van der Waals surface area contributed by atoms with Crippen LogP contribution >= 0.6 is 0 Å². The summed E-state index contributed by atoms with van der Waals surface area (Å²) in [5.74, 6) is 0.0668. The van der Waals surface area contributed by atoms with E-state index in [2.05, 4.69) is 6.58 Å². The highest BCUT2D eigenvalue weighted by Crippen LogP contribution is 2.28. The second-order valence-corrected chi connectivity index (χ2v) is 4.61. The normalized spacial score (nSPS) is 23.9. The Labute approximate surface area is 107 Å². The molecule has 1 atom stereocenters. The lowest BCUT2D eigenvalue weighted by Crippen LogP contribution is -2.50. The molecule has 1 aliphatic rings. The van der Waals surface area contributed by atoms with E-state index in [0.717, 1.165) is 5.56 Å². The number of hydrogen-bond donors (Lipinski definition) is 0. The third-order valence-corrected chi connectivity index (χ3v) is 3.25. The largest absolute Gasteiger partial charge is 0.377 e. The fraction of sp³-hybridized carbons (Fsp3) is 0.400. The van der Waals surface area contributed by atoms with Gasteiger partial charge >= 0.3 is 0 Å². The van der Waals surface area contributed by atoms with Gasteiger partial charge in [-0.15, -0.1) is 0 Å². The van der Waals surface area contributed by atoms with E-state index < -0.39 is 5.60 Å². The van der Waals surface area contributed by atoms with E-state index in [1.165, 1.54) is 0 Å². The summed E-state index contributed by atoms with van der Waals surface area (Å²) < 4.78 is 11.3. The van der Waals surface area contributed by atoms with Gasteiger partial charge in [-0.1, -0.05) is 36.9 Å². The Bertz CT molecular complexity index is 438. The Kier molecular flexibility index (Phi) is 3.94. The minimum Gasteiger partial charge on any atom is -0.377 e. The highest BCUT2D eigenvalue weighted by molar-refractivity contribution is 5.91. The molecule has 0 bridgehead atoms.